The molecule has 2 aromatic rings. The summed E-state index contributed by atoms with van der Waals surface area (Å²) in [6.45, 7) is 2.16. The van der Waals surface area contributed by atoms with Crippen molar-refractivity contribution in [2.24, 2.45) is 0 Å². The first-order valence-corrected chi connectivity index (χ1v) is 6.59. The molecule has 0 aliphatic carbocycles. The lowest BCUT2D eigenvalue weighted by Gasteiger charge is -2.09. The number of hydrogen-bond donors (Lipinski definition) is 1. The molecule has 0 saturated carbocycles. The van der Waals surface area contributed by atoms with Crippen LogP contribution in [0.25, 0.3) is 0 Å². The minimum Gasteiger partial charge on any atom is -0.453 e. The fourth-order valence-corrected chi connectivity index (χ4v) is 2.13. The van der Waals surface area contributed by atoms with Gasteiger partial charge in [-0.3, -0.25) is 0 Å². The van der Waals surface area contributed by atoms with Gasteiger partial charge < -0.3 is 14.5 Å². The molecule has 0 saturated heterocycles. The Hall–Kier alpha value is -1.10. The molecule has 96 valence electrons. The van der Waals surface area contributed by atoms with Crippen LogP contribution < -0.4 is 5.32 Å². The standard InChI is InChI=1S/C14H16BrNO2/c1-17-10-12-5-3-2-4-11(12)8-16-9-13-6-7-14(15)18-13/h2-7,16H,8-10H2,1H3. The van der Waals surface area contributed by atoms with Crippen LogP contribution >= 0.6 is 15.9 Å². The molecule has 4 heteroatoms. The number of hydrogen-bond acceptors (Lipinski definition) is 3. The van der Waals surface area contributed by atoms with Crippen LogP contribution in [0.2, 0.25) is 0 Å². The molecule has 0 amide bonds. The van der Waals surface area contributed by atoms with Crippen LogP contribution in [0.5, 0.6) is 0 Å². The first kappa shape index (κ1) is 13.3. The predicted molar refractivity (Wildman–Crippen MR) is 74.1 cm³/mol. The Morgan fingerprint density at radius 1 is 1.11 bits per heavy atom. The second-order valence-corrected chi connectivity index (χ2v) is 4.79. The number of methoxy groups -OCH3 is 1. The van der Waals surface area contributed by atoms with Gasteiger partial charge in [-0.15, -0.1) is 0 Å². The Bertz CT molecular complexity index is 496. The maximum absolute atomic E-state index is 5.43. The molecular weight excluding hydrogens is 294 g/mol. The lowest BCUT2D eigenvalue weighted by molar-refractivity contribution is 0.184. The van der Waals surface area contributed by atoms with E-state index in [-0.39, 0.29) is 0 Å². The van der Waals surface area contributed by atoms with Gasteiger partial charge in [-0.25, -0.2) is 0 Å². The van der Waals surface area contributed by atoms with Crippen molar-refractivity contribution in [3.63, 3.8) is 0 Å². The van der Waals surface area contributed by atoms with Crippen LogP contribution in [0.4, 0.5) is 0 Å². The summed E-state index contributed by atoms with van der Waals surface area (Å²) in [6, 6.07) is 12.1. The monoisotopic (exact) mass is 309 g/mol. The van der Waals surface area contributed by atoms with Crippen LogP contribution in [0, 0.1) is 0 Å². The lowest BCUT2D eigenvalue weighted by atomic mass is 10.1. The number of ether oxygens (including phenoxy) is 1. The van der Waals surface area contributed by atoms with E-state index in [9.17, 15) is 0 Å². The normalized spacial score (nSPS) is 10.8. The number of nitrogens with one attached hydrogen (secondary N) is 1. The molecule has 1 heterocycles. The van der Waals surface area contributed by atoms with Gasteiger partial charge in [-0.05, 0) is 39.2 Å². The van der Waals surface area contributed by atoms with E-state index in [1.54, 1.807) is 7.11 Å². The van der Waals surface area contributed by atoms with Gasteiger partial charge in [0, 0.05) is 13.7 Å². The topological polar surface area (TPSA) is 34.4 Å². The summed E-state index contributed by atoms with van der Waals surface area (Å²) in [4.78, 5) is 0. The first-order valence-electron chi connectivity index (χ1n) is 5.80. The maximum atomic E-state index is 5.43. The van der Waals surface area contributed by atoms with Crippen LogP contribution in [-0.2, 0) is 24.4 Å². The van der Waals surface area contributed by atoms with Crippen molar-refractivity contribution in [3.8, 4) is 0 Å². The number of halogens is 1. The quantitative estimate of drug-likeness (QED) is 0.887. The molecule has 2 rings (SSSR count). The van der Waals surface area contributed by atoms with Gasteiger partial charge in [-0.2, -0.15) is 0 Å². The second-order valence-electron chi connectivity index (χ2n) is 4.01. The van der Waals surface area contributed by atoms with E-state index in [4.69, 9.17) is 9.15 Å². The van der Waals surface area contributed by atoms with Gasteiger partial charge in [-0.1, -0.05) is 24.3 Å². The van der Waals surface area contributed by atoms with Crippen LogP contribution in [0.3, 0.4) is 0 Å². The second kappa shape index (κ2) is 6.73. The van der Waals surface area contributed by atoms with Crippen molar-refractivity contribution in [2.75, 3.05) is 7.11 Å². The van der Waals surface area contributed by atoms with Gasteiger partial charge in [0.05, 0.1) is 13.2 Å². The smallest absolute Gasteiger partial charge is 0.169 e. The molecule has 0 spiro atoms. The summed E-state index contributed by atoms with van der Waals surface area (Å²) in [5.74, 6) is 0.922. The summed E-state index contributed by atoms with van der Waals surface area (Å²) in [5, 5.41) is 3.36. The average Bonchev–Trinajstić information content (AvgIpc) is 2.78. The van der Waals surface area contributed by atoms with Crippen LogP contribution in [0.1, 0.15) is 16.9 Å². The summed E-state index contributed by atoms with van der Waals surface area (Å²) in [7, 11) is 1.71. The van der Waals surface area contributed by atoms with E-state index in [0.717, 1.165) is 17.0 Å². The highest BCUT2D eigenvalue weighted by Crippen LogP contribution is 2.14. The molecule has 1 aromatic heterocycles. The van der Waals surface area contributed by atoms with Crippen LogP contribution in [0.15, 0.2) is 45.5 Å². The van der Waals surface area contributed by atoms with Gasteiger partial charge in [0.25, 0.3) is 0 Å². The van der Waals surface area contributed by atoms with E-state index in [1.807, 2.05) is 24.3 Å². The molecule has 0 aliphatic heterocycles. The Labute approximate surface area is 115 Å². The molecule has 0 unspecified atom stereocenters. The van der Waals surface area contributed by atoms with E-state index >= 15 is 0 Å². The van der Waals surface area contributed by atoms with Crippen molar-refractivity contribution in [2.45, 2.75) is 19.7 Å². The van der Waals surface area contributed by atoms with Crippen LogP contribution in [-0.4, -0.2) is 7.11 Å². The van der Waals surface area contributed by atoms with Crippen molar-refractivity contribution < 1.29 is 9.15 Å². The lowest BCUT2D eigenvalue weighted by Crippen LogP contribution is -2.13. The Morgan fingerprint density at radius 3 is 2.56 bits per heavy atom. The minimum atomic E-state index is 0.643. The number of furan rings is 1. The largest absolute Gasteiger partial charge is 0.453 e. The van der Waals surface area contributed by atoms with Gasteiger partial charge in [0.15, 0.2) is 4.67 Å². The molecule has 1 N–H and O–H groups in total. The third-order valence-electron chi connectivity index (χ3n) is 2.66. The molecule has 18 heavy (non-hydrogen) atoms. The fraction of sp³-hybridized carbons (Fsp3) is 0.286. The molecule has 1 aromatic carbocycles. The summed E-state index contributed by atoms with van der Waals surface area (Å²) >= 11 is 3.29. The summed E-state index contributed by atoms with van der Waals surface area (Å²) in [5.41, 5.74) is 2.47. The highest BCUT2D eigenvalue weighted by molar-refractivity contribution is 9.10. The molecule has 0 aliphatic rings. The average molecular weight is 310 g/mol. The van der Waals surface area contributed by atoms with E-state index in [0.29, 0.717) is 13.2 Å². The Morgan fingerprint density at radius 2 is 1.89 bits per heavy atom. The van der Waals surface area contributed by atoms with Gasteiger partial charge in [0.2, 0.25) is 0 Å². The third-order valence-corrected chi connectivity index (χ3v) is 3.09. The summed E-state index contributed by atoms with van der Waals surface area (Å²) in [6.07, 6.45) is 0. The van der Waals surface area contributed by atoms with E-state index in [1.165, 1.54) is 11.1 Å². The molecule has 0 fully saturated rings. The highest BCUT2D eigenvalue weighted by atomic mass is 79.9. The predicted octanol–water partition coefficient (Wildman–Crippen LogP) is 3.48. The Balaban J connectivity index is 1.89. The van der Waals surface area contributed by atoms with Crippen molar-refractivity contribution in [3.05, 3.63) is 58.0 Å². The van der Waals surface area contributed by atoms with E-state index < -0.39 is 0 Å². The van der Waals surface area contributed by atoms with Crippen molar-refractivity contribution >= 4 is 15.9 Å². The van der Waals surface area contributed by atoms with Gasteiger partial charge >= 0.3 is 0 Å². The zero-order valence-corrected chi connectivity index (χ0v) is 11.9. The minimum absolute atomic E-state index is 0.643. The van der Waals surface area contributed by atoms with E-state index in [2.05, 4.69) is 33.4 Å². The zero-order chi connectivity index (χ0) is 12.8. The highest BCUT2D eigenvalue weighted by Gasteiger charge is 2.02. The first-order chi connectivity index (χ1) is 8.79. The molecular formula is C14H16BrNO2. The molecule has 0 atom stereocenters. The third kappa shape index (κ3) is 3.70. The molecule has 0 bridgehead atoms. The van der Waals surface area contributed by atoms with Crippen molar-refractivity contribution in [1.29, 1.82) is 0 Å². The zero-order valence-electron chi connectivity index (χ0n) is 10.3. The fourth-order valence-electron chi connectivity index (χ4n) is 1.79. The Kier molecular flexibility index (Phi) is 4.99. The number of rotatable bonds is 6. The number of benzene rings is 1. The maximum Gasteiger partial charge on any atom is 0.169 e. The molecule has 3 nitrogen and oxygen atoms in total. The molecule has 0 radical (unpaired) electrons. The van der Waals surface area contributed by atoms with Crippen molar-refractivity contribution in [1.82, 2.24) is 5.32 Å². The summed E-state index contributed by atoms with van der Waals surface area (Å²) < 4.78 is 11.4. The SMILES string of the molecule is COCc1ccccc1CNCc1ccc(Br)o1. The van der Waals surface area contributed by atoms with Gasteiger partial charge in [0.1, 0.15) is 5.76 Å².